The molecule has 0 aliphatic carbocycles. The van der Waals surface area contributed by atoms with Crippen LogP contribution in [-0.2, 0) is 38.6 Å². The molecule has 2 aromatic heterocycles. The van der Waals surface area contributed by atoms with Gasteiger partial charge in [0.2, 0.25) is 23.6 Å². The molecule has 3 atom stereocenters. The number of amides is 4. The van der Waals surface area contributed by atoms with Crippen molar-refractivity contribution in [1.82, 2.24) is 40.6 Å². The summed E-state index contributed by atoms with van der Waals surface area (Å²) in [7, 11) is 3.13. The van der Waals surface area contributed by atoms with Crippen molar-refractivity contribution in [3.8, 4) is 11.5 Å². The summed E-state index contributed by atoms with van der Waals surface area (Å²) in [5.41, 5.74) is 1.58. The predicted molar refractivity (Wildman–Crippen MR) is 184 cm³/mol. The molecule has 1 aromatic carbocycles. The van der Waals surface area contributed by atoms with Crippen molar-refractivity contribution >= 4 is 35.0 Å². The molecule has 3 aromatic rings. The first-order chi connectivity index (χ1) is 23.5. The standard InChI is InChI=1S/C34H48N8O6S/c1-7-21(2)32-34(46)36-22(3)33-38-28(17-24-11-12-26(47-5)27(16-24)48-6)40-42(33)19-30(44)35-13-9-15-41(14-8-10-29(43)39-32)31(45)18-25-20-49-23(4)37-25/h11-12,16,20-22,32H,7-10,13-15,17-19H2,1-6H3,(H,35,44)(H,36,46)(H,39,43)/t21-,22+,32-/m0/s1. The van der Waals surface area contributed by atoms with Gasteiger partial charge in [0.05, 0.1) is 37.4 Å². The van der Waals surface area contributed by atoms with Crippen LogP contribution in [0.5, 0.6) is 11.5 Å². The Morgan fingerprint density at radius 2 is 1.82 bits per heavy atom. The third-order valence-corrected chi connectivity index (χ3v) is 9.34. The van der Waals surface area contributed by atoms with Gasteiger partial charge in [-0.2, -0.15) is 5.10 Å². The molecular weight excluding hydrogens is 648 g/mol. The largest absolute Gasteiger partial charge is 0.493 e. The van der Waals surface area contributed by atoms with E-state index in [4.69, 9.17) is 14.5 Å². The lowest BCUT2D eigenvalue weighted by atomic mass is 9.97. The minimum absolute atomic E-state index is 0.0912. The molecule has 266 valence electrons. The van der Waals surface area contributed by atoms with Crippen molar-refractivity contribution in [1.29, 1.82) is 0 Å². The number of fused-ring (bicyclic) bond motifs is 1. The van der Waals surface area contributed by atoms with Crippen LogP contribution < -0.4 is 25.4 Å². The first-order valence-electron chi connectivity index (χ1n) is 16.7. The van der Waals surface area contributed by atoms with E-state index in [2.05, 4.69) is 26.0 Å². The van der Waals surface area contributed by atoms with Crippen molar-refractivity contribution in [3.05, 3.63) is 51.5 Å². The second-order valence-electron chi connectivity index (χ2n) is 12.3. The van der Waals surface area contributed by atoms with Gasteiger partial charge in [0.1, 0.15) is 18.4 Å². The van der Waals surface area contributed by atoms with Crippen LogP contribution in [0.3, 0.4) is 0 Å². The Bertz CT molecular complexity index is 1610. The lowest BCUT2D eigenvalue weighted by molar-refractivity contribution is -0.132. The van der Waals surface area contributed by atoms with Crippen LogP contribution in [0.2, 0.25) is 0 Å². The first-order valence-corrected chi connectivity index (χ1v) is 17.6. The Morgan fingerprint density at radius 1 is 1.06 bits per heavy atom. The number of aromatic nitrogens is 4. The third-order valence-electron chi connectivity index (χ3n) is 8.52. The topological polar surface area (TPSA) is 170 Å². The fourth-order valence-corrected chi connectivity index (χ4v) is 6.25. The zero-order chi connectivity index (χ0) is 35.5. The number of methoxy groups -OCH3 is 2. The molecule has 0 spiro atoms. The van der Waals surface area contributed by atoms with E-state index in [0.29, 0.717) is 74.2 Å². The van der Waals surface area contributed by atoms with Crippen molar-refractivity contribution in [3.63, 3.8) is 0 Å². The van der Waals surface area contributed by atoms with E-state index in [1.807, 2.05) is 38.3 Å². The molecule has 0 unspecified atom stereocenters. The molecular formula is C34H48N8O6S. The van der Waals surface area contributed by atoms with Gasteiger partial charge < -0.3 is 30.3 Å². The van der Waals surface area contributed by atoms with Gasteiger partial charge in [-0.05, 0) is 50.3 Å². The van der Waals surface area contributed by atoms with Crippen LogP contribution in [0, 0.1) is 12.8 Å². The maximum atomic E-state index is 13.6. The molecule has 0 bridgehead atoms. The van der Waals surface area contributed by atoms with Crippen LogP contribution in [0.4, 0.5) is 0 Å². The molecule has 0 saturated carbocycles. The number of hydrogen-bond donors (Lipinski definition) is 3. The molecule has 1 aliphatic heterocycles. The number of ether oxygens (including phenoxy) is 2. The number of rotatable bonds is 8. The summed E-state index contributed by atoms with van der Waals surface area (Å²) < 4.78 is 12.3. The Balaban J connectivity index is 1.57. The molecule has 15 heteroatoms. The number of aryl methyl sites for hydroxylation is 1. The lowest BCUT2D eigenvalue weighted by Gasteiger charge is -2.26. The molecule has 4 amide bonds. The smallest absolute Gasteiger partial charge is 0.243 e. The molecule has 1 aliphatic rings. The predicted octanol–water partition coefficient (Wildman–Crippen LogP) is 2.73. The molecule has 14 nitrogen and oxygen atoms in total. The van der Waals surface area contributed by atoms with E-state index in [-0.39, 0.29) is 48.9 Å². The minimum Gasteiger partial charge on any atom is -0.493 e. The summed E-state index contributed by atoms with van der Waals surface area (Å²) in [6, 6.07) is 4.13. The quantitative estimate of drug-likeness (QED) is 0.321. The van der Waals surface area contributed by atoms with Gasteiger partial charge in [0, 0.05) is 37.9 Å². The van der Waals surface area contributed by atoms with Gasteiger partial charge in [-0.25, -0.2) is 14.6 Å². The number of carbonyl (C=O) groups is 4. The number of carbonyl (C=O) groups excluding carboxylic acids is 4. The molecule has 0 fully saturated rings. The maximum Gasteiger partial charge on any atom is 0.243 e. The molecule has 4 rings (SSSR count). The van der Waals surface area contributed by atoms with Gasteiger partial charge >= 0.3 is 0 Å². The Hall–Kier alpha value is -4.53. The van der Waals surface area contributed by atoms with Gasteiger partial charge in [0.15, 0.2) is 17.3 Å². The third kappa shape index (κ3) is 10.5. The van der Waals surface area contributed by atoms with Crippen molar-refractivity contribution < 1.29 is 28.7 Å². The van der Waals surface area contributed by atoms with Gasteiger partial charge in [-0.3, -0.25) is 19.2 Å². The molecule has 49 heavy (non-hydrogen) atoms. The van der Waals surface area contributed by atoms with E-state index < -0.39 is 12.1 Å². The van der Waals surface area contributed by atoms with Crippen LogP contribution in [0.15, 0.2) is 23.6 Å². The highest BCUT2D eigenvalue weighted by molar-refractivity contribution is 7.09. The van der Waals surface area contributed by atoms with E-state index in [1.54, 1.807) is 32.1 Å². The van der Waals surface area contributed by atoms with Crippen molar-refractivity contribution in [2.24, 2.45) is 5.92 Å². The number of benzene rings is 1. The van der Waals surface area contributed by atoms with Crippen LogP contribution in [0.1, 0.15) is 80.4 Å². The average Bonchev–Trinajstić information content (AvgIpc) is 3.68. The summed E-state index contributed by atoms with van der Waals surface area (Å²) in [5, 5.41) is 16.3. The van der Waals surface area contributed by atoms with Gasteiger partial charge in [-0.1, -0.05) is 26.3 Å². The van der Waals surface area contributed by atoms with Crippen LogP contribution in [0.25, 0.3) is 0 Å². The Labute approximate surface area is 291 Å². The zero-order valence-electron chi connectivity index (χ0n) is 29.2. The molecule has 3 N–H and O–H groups in total. The second-order valence-corrected chi connectivity index (χ2v) is 13.4. The summed E-state index contributed by atoms with van der Waals surface area (Å²) in [6.45, 7) is 8.54. The number of hydrogen-bond acceptors (Lipinski definition) is 10. The summed E-state index contributed by atoms with van der Waals surface area (Å²) in [4.78, 5) is 64.0. The average molecular weight is 697 g/mol. The highest BCUT2D eigenvalue weighted by Gasteiger charge is 2.29. The Kier molecular flexibility index (Phi) is 13.5. The minimum atomic E-state index is -0.782. The molecule has 3 heterocycles. The zero-order valence-corrected chi connectivity index (χ0v) is 30.0. The number of nitrogens with one attached hydrogen (secondary N) is 3. The first kappa shape index (κ1) is 37.3. The number of thiazole rings is 1. The summed E-state index contributed by atoms with van der Waals surface area (Å²) in [6.07, 6.45) is 2.28. The second kappa shape index (κ2) is 17.7. The van der Waals surface area contributed by atoms with Crippen molar-refractivity contribution in [2.75, 3.05) is 33.9 Å². The normalized spacial score (nSPS) is 19.1. The van der Waals surface area contributed by atoms with E-state index in [0.717, 1.165) is 10.6 Å². The lowest BCUT2D eigenvalue weighted by Crippen LogP contribution is -2.51. The van der Waals surface area contributed by atoms with Crippen LogP contribution in [-0.4, -0.2) is 88.2 Å². The summed E-state index contributed by atoms with van der Waals surface area (Å²) >= 11 is 1.49. The van der Waals surface area contributed by atoms with Gasteiger partial charge in [0.25, 0.3) is 0 Å². The fraction of sp³-hybridized carbons (Fsp3) is 0.559. The summed E-state index contributed by atoms with van der Waals surface area (Å²) in [5.74, 6) is 0.901. The van der Waals surface area contributed by atoms with E-state index >= 15 is 0 Å². The van der Waals surface area contributed by atoms with Crippen LogP contribution >= 0.6 is 11.3 Å². The highest BCUT2D eigenvalue weighted by Crippen LogP contribution is 2.28. The Morgan fingerprint density at radius 3 is 2.51 bits per heavy atom. The number of nitrogens with zero attached hydrogens (tertiary/aromatic N) is 5. The van der Waals surface area contributed by atoms with E-state index in [9.17, 15) is 19.2 Å². The monoisotopic (exact) mass is 696 g/mol. The van der Waals surface area contributed by atoms with Crippen molar-refractivity contribution in [2.45, 2.75) is 84.8 Å². The SMILES string of the molecule is CC[C@H](C)[C@@H]1NC(=O)CCCN(C(=O)Cc2csc(C)n2)CCCNC(=O)Cn2nc(Cc3ccc(OC)c(OC)c3)nc2[C@@H](C)NC1=O. The fourth-order valence-electron chi connectivity index (χ4n) is 5.64. The highest BCUT2D eigenvalue weighted by atomic mass is 32.1. The van der Waals surface area contributed by atoms with E-state index in [1.165, 1.54) is 16.0 Å². The molecule has 0 saturated heterocycles. The maximum absolute atomic E-state index is 13.6. The van der Waals surface area contributed by atoms with Gasteiger partial charge in [-0.15, -0.1) is 11.3 Å². The molecule has 0 radical (unpaired) electrons.